The van der Waals surface area contributed by atoms with Crippen molar-refractivity contribution in [2.45, 2.75) is 38.5 Å². The molecule has 0 N–H and O–H groups in total. The van der Waals surface area contributed by atoms with Gasteiger partial charge in [-0.25, -0.2) is 8.78 Å². The van der Waals surface area contributed by atoms with Gasteiger partial charge >= 0.3 is 0 Å². The number of benzene rings is 1. The summed E-state index contributed by atoms with van der Waals surface area (Å²) in [6.07, 6.45) is 5.98. The molecule has 0 bridgehead atoms. The van der Waals surface area contributed by atoms with E-state index in [0.29, 0.717) is 5.33 Å². The van der Waals surface area contributed by atoms with Crippen molar-refractivity contribution in [2.75, 3.05) is 11.9 Å². The maximum Gasteiger partial charge on any atom is 0.203 e. The van der Waals surface area contributed by atoms with Crippen LogP contribution in [0.25, 0.3) is 0 Å². The number of ether oxygens (including phenoxy) is 1. The van der Waals surface area contributed by atoms with Crippen LogP contribution in [0.1, 0.15) is 38.5 Å². The third kappa shape index (κ3) is 3.71. The van der Waals surface area contributed by atoms with Crippen LogP contribution < -0.4 is 4.74 Å². The van der Waals surface area contributed by atoms with Crippen molar-refractivity contribution in [3.8, 4) is 5.75 Å². The maximum absolute atomic E-state index is 13.6. The van der Waals surface area contributed by atoms with Crippen LogP contribution in [0, 0.1) is 28.7 Å². The Bertz CT molecular complexity index is 473. The maximum atomic E-state index is 13.6. The summed E-state index contributed by atoms with van der Waals surface area (Å²) in [5, 5.41) is 0.626. The van der Waals surface area contributed by atoms with E-state index in [1.54, 1.807) is 0 Å². The van der Waals surface area contributed by atoms with Gasteiger partial charge in [0.25, 0.3) is 0 Å². The van der Waals surface area contributed by atoms with Gasteiger partial charge in [-0.15, -0.1) is 0 Å². The molecule has 1 aliphatic carbocycles. The van der Waals surface area contributed by atoms with Gasteiger partial charge in [0.05, 0.1) is 6.61 Å². The van der Waals surface area contributed by atoms with Crippen molar-refractivity contribution in [3.63, 3.8) is 0 Å². The first kappa shape index (κ1) is 16.6. The lowest BCUT2D eigenvalue weighted by Crippen LogP contribution is -2.30. The molecule has 0 aliphatic heterocycles. The molecule has 2 rings (SSSR count). The molecule has 21 heavy (non-hydrogen) atoms. The zero-order valence-corrected chi connectivity index (χ0v) is 13.1. The van der Waals surface area contributed by atoms with E-state index in [2.05, 4.69) is 15.9 Å². The average molecular weight is 369 g/mol. The summed E-state index contributed by atoms with van der Waals surface area (Å²) in [6.45, 7) is 0.0367. The fraction of sp³-hybridized carbons (Fsp3) is 0.600. The standard InChI is InChI=1S/C15H17BrF4O/c16-8-15(5-3-1-2-4-6-15)9-21-14-12(19)10(17)7-11(18)13(14)20/h7H,1-6,8-9H2. The van der Waals surface area contributed by atoms with Crippen molar-refractivity contribution in [3.05, 3.63) is 29.3 Å². The average Bonchev–Trinajstić information content (AvgIpc) is 2.71. The second-order valence-electron chi connectivity index (χ2n) is 5.63. The summed E-state index contributed by atoms with van der Waals surface area (Å²) in [7, 11) is 0. The number of hydrogen-bond acceptors (Lipinski definition) is 1. The number of rotatable bonds is 4. The highest BCUT2D eigenvalue weighted by Gasteiger charge is 2.32. The number of hydrogen-bond donors (Lipinski definition) is 0. The summed E-state index contributed by atoms with van der Waals surface area (Å²) in [6, 6.07) is 0.184. The normalized spacial score (nSPS) is 18.3. The molecule has 0 spiro atoms. The van der Waals surface area contributed by atoms with Gasteiger partial charge in [0.2, 0.25) is 11.6 Å². The number of alkyl halides is 1. The SMILES string of the molecule is Fc1cc(F)c(F)c(OCC2(CBr)CCCCCC2)c1F. The predicted octanol–water partition coefficient (Wildman–Crippen LogP) is 5.36. The van der Waals surface area contributed by atoms with Crippen LogP contribution in [-0.2, 0) is 0 Å². The minimum atomic E-state index is -1.48. The Morgan fingerprint density at radius 2 is 1.48 bits per heavy atom. The first-order valence-corrected chi connectivity index (χ1v) is 8.13. The lowest BCUT2D eigenvalue weighted by atomic mass is 9.83. The third-order valence-electron chi connectivity index (χ3n) is 4.04. The van der Waals surface area contributed by atoms with E-state index < -0.39 is 29.0 Å². The molecular weight excluding hydrogens is 352 g/mol. The molecule has 1 aromatic carbocycles. The van der Waals surface area contributed by atoms with Crippen molar-refractivity contribution in [2.24, 2.45) is 5.41 Å². The van der Waals surface area contributed by atoms with Crippen molar-refractivity contribution < 1.29 is 22.3 Å². The van der Waals surface area contributed by atoms with Crippen LogP contribution in [0.2, 0.25) is 0 Å². The lowest BCUT2D eigenvalue weighted by molar-refractivity contribution is 0.137. The Morgan fingerprint density at radius 1 is 0.952 bits per heavy atom. The molecule has 118 valence electrons. The summed E-state index contributed by atoms with van der Waals surface area (Å²) >= 11 is 3.43. The molecule has 0 aromatic heterocycles. The molecule has 6 heteroatoms. The van der Waals surface area contributed by atoms with E-state index in [1.165, 1.54) is 0 Å². The van der Waals surface area contributed by atoms with Gasteiger partial charge in [-0.2, -0.15) is 8.78 Å². The molecule has 0 radical (unpaired) electrons. The number of halogens is 5. The topological polar surface area (TPSA) is 9.23 Å². The summed E-state index contributed by atoms with van der Waals surface area (Å²) in [5.74, 6) is -6.81. The van der Waals surface area contributed by atoms with Crippen LogP contribution in [0.4, 0.5) is 17.6 Å². The fourth-order valence-electron chi connectivity index (χ4n) is 2.70. The minimum Gasteiger partial charge on any atom is -0.487 e. The first-order chi connectivity index (χ1) is 9.99. The summed E-state index contributed by atoms with van der Waals surface area (Å²) < 4.78 is 58.6. The molecule has 0 amide bonds. The molecule has 0 unspecified atom stereocenters. The van der Waals surface area contributed by atoms with Crippen LogP contribution in [0.15, 0.2) is 6.07 Å². The minimum absolute atomic E-state index is 0.0367. The monoisotopic (exact) mass is 368 g/mol. The van der Waals surface area contributed by atoms with Gasteiger partial charge in [0.1, 0.15) is 0 Å². The highest BCUT2D eigenvalue weighted by atomic mass is 79.9. The molecule has 0 atom stereocenters. The quantitative estimate of drug-likeness (QED) is 0.301. The molecule has 1 saturated carbocycles. The van der Waals surface area contributed by atoms with Crippen LogP contribution in [0.3, 0.4) is 0 Å². The summed E-state index contributed by atoms with van der Waals surface area (Å²) in [5.41, 5.74) is -0.252. The van der Waals surface area contributed by atoms with Gasteiger partial charge in [-0.3, -0.25) is 0 Å². The first-order valence-electron chi connectivity index (χ1n) is 7.01. The smallest absolute Gasteiger partial charge is 0.203 e. The van der Waals surface area contributed by atoms with Gasteiger partial charge < -0.3 is 4.74 Å². The molecule has 1 fully saturated rings. The Hall–Kier alpha value is -0.780. The molecule has 1 nitrogen and oxygen atoms in total. The predicted molar refractivity (Wildman–Crippen MR) is 75.7 cm³/mol. The van der Waals surface area contributed by atoms with E-state index in [-0.39, 0.29) is 18.1 Å². The largest absolute Gasteiger partial charge is 0.487 e. The van der Waals surface area contributed by atoms with Crippen LogP contribution in [0.5, 0.6) is 5.75 Å². The third-order valence-corrected chi connectivity index (χ3v) is 5.23. The van der Waals surface area contributed by atoms with Gasteiger partial charge in [-0.05, 0) is 12.8 Å². The van der Waals surface area contributed by atoms with Gasteiger partial charge in [-0.1, -0.05) is 41.6 Å². The zero-order chi connectivity index (χ0) is 15.5. The van der Waals surface area contributed by atoms with Gasteiger partial charge in [0.15, 0.2) is 17.4 Å². The fourth-order valence-corrected chi connectivity index (χ4v) is 3.42. The Balaban J connectivity index is 2.18. The van der Waals surface area contributed by atoms with E-state index in [9.17, 15) is 17.6 Å². The van der Waals surface area contributed by atoms with Crippen LogP contribution in [-0.4, -0.2) is 11.9 Å². The molecule has 0 heterocycles. The van der Waals surface area contributed by atoms with E-state index in [1.807, 2.05) is 0 Å². The van der Waals surface area contributed by atoms with Crippen LogP contribution >= 0.6 is 15.9 Å². The lowest BCUT2D eigenvalue weighted by Gasteiger charge is -2.30. The Morgan fingerprint density at radius 3 is 1.95 bits per heavy atom. The highest BCUT2D eigenvalue weighted by Crippen LogP contribution is 2.38. The Kier molecular flexibility index (Phi) is 5.52. The second-order valence-corrected chi connectivity index (χ2v) is 6.19. The van der Waals surface area contributed by atoms with Crippen molar-refractivity contribution in [1.82, 2.24) is 0 Å². The highest BCUT2D eigenvalue weighted by molar-refractivity contribution is 9.09. The van der Waals surface area contributed by atoms with E-state index in [0.717, 1.165) is 38.5 Å². The van der Waals surface area contributed by atoms with E-state index >= 15 is 0 Å². The Labute approximate surface area is 129 Å². The van der Waals surface area contributed by atoms with Gasteiger partial charge in [0, 0.05) is 16.8 Å². The summed E-state index contributed by atoms with van der Waals surface area (Å²) in [4.78, 5) is 0. The molecule has 1 aromatic rings. The van der Waals surface area contributed by atoms with Crippen molar-refractivity contribution in [1.29, 1.82) is 0 Å². The zero-order valence-electron chi connectivity index (χ0n) is 11.5. The molecular formula is C15H17BrF4O. The second kappa shape index (κ2) is 6.99. The van der Waals surface area contributed by atoms with Crippen molar-refractivity contribution >= 4 is 15.9 Å². The van der Waals surface area contributed by atoms with E-state index in [4.69, 9.17) is 4.74 Å². The molecule has 1 aliphatic rings. The molecule has 0 saturated heterocycles.